The molecule has 0 aromatic rings. The van der Waals surface area contributed by atoms with E-state index in [0.717, 1.165) is 44.4 Å². The van der Waals surface area contributed by atoms with Gasteiger partial charge < -0.3 is 19.9 Å². The van der Waals surface area contributed by atoms with Crippen LogP contribution in [0.3, 0.4) is 0 Å². The molecule has 1 saturated heterocycles. The van der Waals surface area contributed by atoms with Gasteiger partial charge in [-0.15, -0.1) is 0 Å². The molecule has 1 aliphatic heterocycles. The molecule has 6 heteroatoms. The van der Waals surface area contributed by atoms with E-state index in [-0.39, 0.29) is 18.0 Å². The number of hydrogen-bond acceptors (Lipinski definition) is 6. The van der Waals surface area contributed by atoms with Crippen LogP contribution in [0.5, 0.6) is 0 Å². The number of ether oxygens (including phenoxy) is 2. The van der Waals surface area contributed by atoms with E-state index in [9.17, 15) is 14.7 Å². The summed E-state index contributed by atoms with van der Waals surface area (Å²) in [5.41, 5.74) is -0.455. The minimum atomic E-state index is -0.455. The molecule has 206 valence electrons. The Morgan fingerprint density at radius 3 is 2.06 bits per heavy atom. The van der Waals surface area contributed by atoms with Crippen molar-refractivity contribution in [2.45, 2.75) is 143 Å². The van der Waals surface area contributed by atoms with Crippen LogP contribution in [0.2, 0.25) is 0 Å². The molecular formula is C29H55NO5. The van der Waals surface area contributed by atoms with Crippen LogP contribution in [0, 0.1) is 11.3 Å². The van der Waals surface area contributed by atoms with Gasteiger partial charge in [0.25, 0.3) is 0 Å². The molecule has 35 heavy (non-hydrogen) atoms. The van der Waals surface area contributed by atoms with E-state index in [1.54, 1.807) is 0 Å². The third-order valence-corrected chi connectivity index (χ3v) is 7.31. The molecule has 0 amide bonds. The Kier molecular flexibility index (Phi) is 17.3. The molecule has 0 aliphatic carbocycles. The highest BCUT2D eigenvalue weighted by molar-refractivity contribution is 5.76. The van der Waals surface area contributed by atoms with Crippen molar-refractivity contribution in [2.75, 3.05) is 19.8 Å². The molecule has 0 radical (unpaired) electrons. The molecular weight excluding hydrogens is 442 g/mol. The topological polar surface area (TPSA) is 84.9 Å². The van der Waals surface area contributed by atoms with Gasteiger partial charge in [0.05, 0.1) is 24.7 Å². The first-order chi connectivity index (χ1) is 16.8. The molecule has 1 fully saturated rings. The van der Waals surface area contributed by atoms with Crippen molar-refractivity contribution in [3.63, 3.8) is 0 Å². The van der Waals surface area contributed by atoms with E-state index in [2.05, 4.69) is 19.2 Å². The molecule has 0 aromatic carbocycles. The molecule has 2 N–H and O–H groups in total. The van der Waals surface area contributed by atoms with Gasteiger partial charge in [-0.1, -0.05) is 84.5 Å². The fraction of sp³-hybridized carbons (Fsp3) is 0.931. The first-order valence-electron chi connectivity index (χ1n) is 14.6. The zero-order valence-corrected chi connectivity index (χ0v) is 23.2. The molecule has 1 rings (SSSR count). The second-order valence-electron chi connectivity index (χ2n) is 11.2. The number of aliphatic hydroxyl groups excluding tert-OH is 1. The summed E-state index contributed by atoms with van der Waals surface area (Å²) in [5, 5.41) is 12.4. The number of nitrogens with one attached hydrogen (secondary N) is 1. The van der Waals surface area contributed by atoms with Crippen LogP contribution in [-0.2, 0) is 19.1 Å². The van der Waals surface area contributed by atoms with Gasteiger partial charge in [-0.25, -0.2) is 0 Å². The van der Waals surface area contributed by atoms with E-state index in [1.165, 1.54) is 57.8 Å². The minimum absolute atomic E-state index is 0.0776. The van der Waals surface area contributed by atoms with Crippen LogP contribution in [0.25, 0.3) is 0 Å². The number of carbonyl (C=O) groups is 2. The summed E-state index contributed by atoms with van der Waals surface area (Å²) in [6.45, 7) is 9.89. The number of unbranched alkanes of at least 4 members (excludes halogenated alkanes) is 7. The molecule has 1 aliphatic rings. The number of hydrogen-bond donors (Lipinski definition) is 2. The van der Waals surface area contributed by atoms with E-state index in [4.69, 9.17) is 9.47 Å². The Balaban J connectivity index is 2.12. The lowest BCUT2D eigenvalue weighted by Gasteiger charge is -2.23. The highest BCUT2D eigenvalue weighted by Crippen LogP contribution is 2.27. The molecule has 1 heterocycles. The molecule has 2 unspecified atom stereocenters. The van der Waals surface area contributed by atoms with Crippen LogP contribution in [0.4, 0.5) is 0 Å². The monoisotopic (exact) mass is 497 g/mol. The van der Waals surface area contributed by atoms with Crippen molar-refractivity contribution < 1.29 is 24.2 Å². The van der Waals surface area contributed by atoms with Crippen LogP contribution in [0.15, 0.2) is 0 Å². The standard InChI is InChI=1S/C29H55NO5/c1-5-7-11-16-24(17-12-8-6-2)18-15-21-35-28(33)29(3,4)19-13-9-10-14-20-34-27(32)26-22-25(31)23-30-26/h24-26,30-31H,5-23H2,1-4H3. The van der Waals surface area contributed by atoms with Crippen LogP contribution in [0.1, 0.15) is 130 Å². The summed E-state index contributed by atoms with van der Waals surface area (Å²) in [6.07, 6.45) is 17.2. The second-order valence-corrected chi connectivity index (χ2v) is 11.2. The lowest BCUT2D eigenvalue weighted by atomic mass is 9.87. The van der Waals surface area contributed by atoms with Crippen LogP contribution in [-0.4, -0.2) is 48.9 Å². The fourth-order valence-electron chi connectivity index (χ4n) is 4.83. The maximum Gasteiger partial charge on any atom is 0.323 e. The number of esters is 2. The molecule has 0 aromatic heterocycles. The van der Waals surface area contributed by atoms with Gasteiger partial charge in [0.1, 0.15) is 6.04 Å². The number of aliphatic hydroxyl groups is 1. The maximum atomic E-state index is 12.6. The lowest BCUT2D eigenvalue weighted by molar-refractivity contribution is -0.154. The Hall–Kier alpha value is -1.14. The minimum Gasteiger partial charge on any atom is -0.465 e. The summed E-state index contributed by atoms with van der Waals surface area (Å²) in [7, 11) is 0. The Bertz CT molecular complexity index is 555. The molecule has 2 atom stereocenters. The van der Waals surface area contributed by atoms with Gasteiger partial charge in [-0.3, -0.25) is 9.59 Å². The summed E-state index contributed by atoms with van der Waals surface area (Å²) < 4.78 is 11.0. The first-order valence-corrected chi connectivity index (χ1v) is 14.6. The average molecular weight is 498 g/mol. The third-order valence-electron chi connectivity index (χ3n) is 7.31. The van der Waals surface area contributed by atoms with E-state index in [1.807, 2.05) is 13.8 Å². The third kappa shape index (κ3) is 14.9. The number of rotatable bonds is 21. The SMILES string of the molecule is CCCCCC(CCCCC)CCCOC(=O)C(C)(C)CCCCCCOC(=O)C1CC(O)CN1. The van der Waals surface area contributed by atoms with Crippen molar-refractivity contribution in [3.05, 3.63) is 0 Å². The van der Waals surface area contributed by atoms with Gasteiger partial charge in [-0.05, 0) is 45.4 Å². The fourth-order valence-corrected chi connectivity index (χ4v) is 4.83. The zero-order valence-electron chi connectivity index (χ0n) is 23.2. The van der Waals surface area contributed by atoms with Gasteiger partial charge in [0.2, 0.25) is 0 Å². The highest BCUT2D eigenvalue weighted by Gasteiger charge is 2.30. The summed E-state index contributed by atoms with van der Waals surface area (Å²) in [6, 6.07) is -0.371. The smallest absolute Gasteiger partial charge is 0.323 e. The van der Waals surface area contributed by atoms with Gasteiger partial charge in [0.15, 0.2) is 0 Å². The molecule has 0 bridgehead atoms. The van der Waals surface area contributed by atoms with E-state index >= 15 is 0 Å². The van der Waals surface area contributed by atoms with Crippen molar-refractivity contribution >= 4 is 11.9 Å². The van der Waals surface area contributed by atoms with Crippen LogP contribution >= 0.6 is 0 Å². The van der Waals surface area contributed by atoms with Crippen molar-refractivity contribution in [1.82, 2.24) is 5.32 Å². The number of carbonyl (C=O) groups excluding carboxylic acids is 2. The maximum absolute atomic E-state index is 12.6. The van der Waals surface area contributed by atoms with Crippen molar-refractivity contribution in [1.29, 1.82) is 0 Å². The number of β-amino-alcohol motifs (C(OH)–C–C–N with tert-alkyl or cyclic N) is 1. The Morgan fingerprint density at radius 1 is 0.857 bits per heavy atom. The van der Waals surface area contributed by atoms with Gasteiger partial charge in [-0.2, -0.15) is 0 Å². The van der Waals surface area contributed by atoms with Crippen molar-refractivity contribution in [2.24, 2.45) is 11.3 Å². The summed E-state index contributed by atoms with van der Waals surface area (Å²) >= 11 is 0. The zero-order chi connectivity index (χ0) is 25.9. The predicted octanol–water partition coefficient (Wildman–Crippen LogP) is 6.33. The normalized spacial score (nSPS) is 18.2. The Morgan fingerprint density at radius 2 is 1.46 bits per heavy atom. The summed E-state index contributed by atoms with van der Waals surface area (Å²) in [5.74, 6) is 0.435. The largest absolute Gasteiger partial charge is 0.465 e. The van der Waals surface area contributed by atoms with Gasteiger partial charge in [0, 0.05) is 13.0 Å². The highest BCUT2D eigenvalue weighted by atomic mass is 16.5. The van der Waals surface area contributed by atoms with Crippen LogP contribution < -0.4 is 5.32 Å². The van der Waals surface area contributed by atoms with E-state index < -0.39 is 11.5 Å². The molecule has 0 spiro atoms. The van der Waals surface area contributed by atoms with Gasteiger partial charge >= 0.3 is 11.9 Å². The molecule has 0 saturated carbocycles. The Labute approximate surface area is 215 Å². The van der Waals surface area contributed by atoms with Crippen molar-refractivity contribution in [3.8, 4) is 0 Å². The predicted molar refractivity (Wildman–Crippen MR) is 142 cm³/mol. The van der Waals surface area contributed by atoms with E-state index in [0.29, 0.717) is 26.2 Å². The first kappa shape index (κ1) is 31.9. The quantitative estimate of drug-likeness (QED) is 0.142. The summed E-state index contributed by atoms with van der Waals surface area (Å²) in [4.78, 5) is 24.5. The molecule has 6 nitrogen and oxygen atoms in total. The lowest BCUT2D eigenvalue weighted by Crippen LogP contribution is -2.32. The second kappa shape index (κ2) is 19.0. The average Bonchev–Trinajstić information content (AvgIpc) is 3.27.